The van der Waals surface area contributed by atoms with E-state index in [0.717, 1.165) is 28.9 Å². The molecule has 7 aromatic rings. The first-order valence-electron chi connectivity index (χ1n) is 35.3. The Bertz CT molecular complexity index is 4130. The third kappa shape index (κ3) is 24.3. The van der Waals surface area contributed by atoms with Gasteiger partial charge in [0.2, 0.25) is 0 Å². The first-order chi connectivity index (χ1) is 52.1. The van der Waals surface area contributed by atoms with E-state index in [1.165, 1.54) is 74.4 Å². The van der Waals surface area contributed by atoms with Gasteiger partial charge in [0.1, 0.15) is 35.0 Å². The number of aliphatic hydroxyl groups is 1. The predicted molar refractivity (Wildman–Crippen MR) is 398 cm³/mol. The van der Waals surface area contributed by atoms with E-state index in [-0.39, 0.29) is 90.5 Å². The summed E-state index contributed by atoms with van der Waals surface area (Å²) in [6, 6.07) is 32.3. The first-order valence-corrected chi connectivity index (χ1v) is 35.6. The van der Waals surface area contributed by atoms with Gasteiger partial charge < -0.3 is 77.9 Å². The number of aromatic amines is 4. The van der Waals surface area contributed by atoms with Gasteiger partial charge in [0.05, 0.1) is 103 Å². The van der Waals surface area contributed by atoms with Crippen LogP contribution in [0.4, 0.5) is 0 Å². The number of nitrogens with two attached hydrogens (primary N) is 1. The van der Waals surface area contributed by atoms with Crippen LogP contribution in [-0.2, 0) is 61.7 Å². The van der Waals surface area contributed by atoms with Crippen molar-refractivity contribution in [3.05, 3.63) is 244 Å². The molecule has 0 unspecified atom stereocenters. The van der Waals surface area contributed by atoms with Crippen molar-refractivity contribution in [2.45, 2.75) is 145 Å². The molecule has 0 saturated carbocycles. The Morgan fingerprint density at radius 3 is 1.14 bits per heavy atom. The molecule has 4 aliphatic heterocycles. The Labute approximate surface area is 660 Å². The second-order valence-corrected chi connectivity index (χ2v) is 25.7. The predicted octanol–water partition coefficient (Wildman–Crippen LogP) is 1.42. The molecular weight excluding hydrogens is 1470 g/mol. The number of hydrogen-bond donors (Lipinski definition) is 6. The molecule has 8 heterocycles. The summed E-state index contributed by atoms with van der Waals surface area (Å²) >= 11 is 7.17. The summed E-state index contributed by atoms with van der Waals surface area (Å²) in [6.07, 6.45) is 2.17. The fourth-order valence-electron chi connectivity index (χ4n) is 12.7. The van der Waals surface area contributed by atoms with Crippen LogP contribution in [0, 0.1) is 11.8 Å². The fourth-order valence-corrected chi connectivity index (χ4v) is 13.1. The van der Waals surface area contributed by atoms with Gasteiger partial charge in [0, 0.05) is 94.2 Å². The normalized spacial score (nSPS) is 24.4. The number of aromatic nitrogens is 8. The third-order valence-corrected chi connectivity index (χ3v) is 19.1. The zero-order chi connectivity index (χ0) is 78.5. The fraction of sp³-hybridized carbons (Fsp3) is 0.534. The van der Waals surface area contributed by atoms with Crippen LogP contribution < -0.4 is 85.0 Å². The van der Waals surface area contributed by atoms with Crippen LogP contribution >= 0.6 is 11.6 Å². The van der Waals surface area contributed by atoms with E-state index >= 15 is 0 Å². The van der Waals surface area contributed by atoms with Crippen LogP contribution in [0.2, 0.25) is 0 Å². The van der Waals surface area contributed by atoms with Gasteiger partial charge in [0.25, 0.3) is 22.2 Å². The molecule has 35 nitrogen and oxygen atoms in total. The van der Waals surface area contributed by atoms with Crippen LogP contribution in [0.1, 0.15) is 95.5 Å². The average Bonchev–Trinajstić information content (AvgIpc) is 1.50. The number of ether oxygens (including phenoxy) is 13. The summed E-state index contributed by atoms with van der Waals surface area (Å²) in [7, 11) is 7.96. The number of methoxy groups -OCH3 is 5. The van der Waals surface area contributed by atoms with Crippen LogP contribution in [-0.4, -0.2) is 205 Å². The Morgan fingerprint density at radius 2 is 0.791 bits per heavy atom. The maximum Gasteiger partial charge on any atom is 1.00 e. The number of aliphatic hydroxyl groups excluding tert-OH is 1. The minimum Gasteiger partial charge on any atom is -0.870 e. The standard InChI is InChI=1S/C20H17ClO.C14H22N2O5.C13H19N5O5.C13H21N3O5.C13H20N2O6.Na.H2O/c1-22-19-14-12-18(13-15-19)20(21,16-8-4-2-5-9-16)17-10-6-3-7-11-17;1-4-10-9(2)12(20-8-7-19-3)13(21-10)16-6-5-11(17)15-14(16)18;1-3-8-10(16-17-14)11(22-7-6-21-2)12(23-8)18-5-4-9(19)15-13(18)20;1-3-8-10(14)11(20-7-6-19-2)12(21-8)16-5-4-9(17)15-13(16)18;1-8-9(7-16)21-12(11(8)20-6-5-19-2)15-4-3-10(17)14-13(15)18;;/h2-15H,1H3;5-6,9-10,12-13H,4,7-8H2,1-3H3,(H,15,17,18);4-5,8,10-12H,3,6-7H2,1-2H3,(H,15,19,20);4-5,8,10-12H,3,6-7,14H2,1-2H3,(H,15,17,18);3-4,8-9,11-12,16H,5-7H2,1-2H3,(H,14,17,18);;1H2/q;;;;;+1;/p-1/t;9-,10-,12-,13-;2*8-,10-,11-,12-;8-,9-,11-,12-;;/m.1111../s1. The van der Waals surface area contributed by atoms with Gasteiger partial charge in [-0.1, -0.05) is 113 Å². The first kappa shape index (κ1) is 92.8. The average molecular weight is 1570 g/mol. The molecule has 4 aliphatic rings. The topological polar surface area (TPSA) is 464 Å². The van der Waals surface area contributed by atoms with Crippen LogP contribution in [0.15, 0.2) is 177 Å². The molecule has 8 N–H and O–H groups in total. The van der Waals surface area contributed by atoms with Gasteiger partial charge in [-0.05, 0) is 53.6 Å². The molecule has 37 heteroatoms. The van der Waals surface area contributed by atoms with E-state index in [9.17, 15) is 43.5 Å². The van der Waals surface area contributed by atoms with Gasteiger partial charge in [-0.2, -0.15) is 0 Å². The van der Waals surface area contributed by atoms with Crippen molar-refractivity contribution in [1.82, 2.24) is 38.2 Å². The summed E-state index contributed by atoms with van der Waals surface area (Å²) in [5.41, 5.74) is 14.0. The maximum atomic E-state index is 12.0. The van der Waals surface area contributed by atoms with Crippen LogP contribution in [0.3, 0.4) is 0 Å². The van der Waals surface area contributed by atoms with Crippen LogP contribution in [0.25, 0.3) is 10.4 Å². The van der Waals surface area contributed by atoms with Gasteiger partial charge in [-0.15, -0.1) is 11.6 Å². The number of H-pyrrole nitrogens is 4. The number of azide groups is 1. The molecule has 0 aliphatic carbocycles. The summed E-state index contributed by atoms with van der Waals surface area (Å²) in [4.78, 5) is 103. The van der Waals surface area contributed by atoms with Gasteiger partial charge >= 0.3 is 52.3 Å². The molecule has 4 aromatic heterocycles. The smallest absolute Gasteiger partial charge is 0.870 e. The van der Waals surface area contributed by atoms with Crippen molar-refractivity contribution in [2.24, 2.45) is 22.7 Å². The second-order valence-electron chi connectivity index (χ2n) is 25.2. The number of halogens is 1. The third-order valence-electron chi connectivity index (χ3n) is 18.4. The minimum absolute atomic E-state index is 0. The molecule has 4 saturated heterocycles. The number of nitrogens with one attached hydrogen (secondary N) is 4. The Balaban J connectivity index is 0.000000245. The summed E-state index contributed by atoms with van der Waals surface area (Å²) in [5.74, 6) is 0.871. The number of benzene rings is 3. The van der Waals surface area contributed by atoms with E-state index < -0.39 is 105 Å². The molecule has 16 atom stereocenters. The van der Waals surface area contributed by atoms with Gasteiger partial charge in [0.15, 0.2) is 24.9 Å². The van der Waals surface area contributed by atoms with Crippen molar-refractivity contribution in [2.75, 3.05) is 95.0 Å². The largest absolute Gasteiger partial charge is 1.00 e. The summed E-state index contributed by atoms with van der Waals surface area (Å²) in [5, 5.41) is 13.1. The molecule has 11 rings (SSSR count). The molecule has 110 heavy (non-hydrogen) atoms. The summed E-state index contributed by atoms with van der Waals surface area (Å²) in [6.45, 7) is 12.7. The minimum atomic E-state index is -0.795. The number of hydrogen-bond acceptors (Lipinski definition) is 25. The van der Waals surface area contributed by atoms with Crippen molar-refractivity contribution >= 4 is 11.6 Å². The Kier molecular flexibility index (Phi) is 39.5. The summed E-state index contributed by atoms with van der Waals surface area (Å²) < 4.78 is 76.6. The number of nitrogens with zero attached hydrogens (tertiary/aromatic N) is 7. The molecule has 598 valence electrons. The monoisotopic (exact) mass is 1570 g/mol. The molecular formula is C73H100ClN12NaO23. The Hall–Kier alpha value is -7.82. The van der Waals surface area contributed by atoms with Gasteiger partial charge in [-0.3, -0.25) is 57.4 Å². The molecule has 0 bridgehead atoms. The van der Waals surface area contributed by atoms with Crippen molar-refractivity contribution in [3.8, 4) is 5.75 Å². The van der Waals surface area contributed by atoms with Gasteiger partial charge in [-0.25, -0.2) is 19.2 Å². The van der Waals surface area contributed by atoms with E-state index in [4.69, 9.17) is 84.4 Å². The van der Waals surface area contributed by atoms with E-state index in [0.29, 0.717) is 59.1 Å². The molecule has 0 spiro atoms. The quantitative estimate of drug-likeness (QED) is 0.00734. The van der Waals surface area contributed by atoms with E-state index in [1.807, 2.05) is 95.3 Å². The van der Waals surface area contributed by atoms with Crippen molar-refractivity contribution in [3.63, 3.8) is 0 Å². The molecule has 0 radical (unpaired) electrons. The Morgan fingerprint density at radius 1 is 0.473 bits per heavy atom. The van der Waals surface area contributed by atoms with Crippen LogP contribution in [0.5, 0.6) is 5.75 Å². The van der Waals surface area contributed by atoms with E-state index in [1.54, 1.807) is 28.4 Å². The molecule has 3 aromatic carbocycles. The SMILES string of the molecule is CC[C@H]1O[C@@H](n2ccc(=O)[nH]c2=O)[C@H](OCCOC)[C@@H]1C.CC[C@H]1O[C@@H](n2ccc(=O)[nH]c2=O)[C@H](OCCOC)[C@@H]1N.CC[C@H]1O[C@@H](n2ccc(=O)[nH]c2=O)[C@H](OCCOC)[C@@H]1N=[N+]=[N-].COCCO[C@@H]1[C@H](C)[C@@H](CO)O[C@H]1n1ccc(=O)[nH]c1=O.COc1ccc(C(Cl)(c2ccccc2)c2ccccc2)cc1.[Na+].[OH-]. The zero-order valence-corrected chi connectivity index (χ0v) is 66.2. The maximum absolute atomic E-state index is 12.0. The second kappa shape index (κ2) is 46.9. The zero-order valence-electron chi connectivity index (χ0n) is 63.5. The van der Waals surface area contributed by atoms with Crippen molar-refractivity contribution < 1.29 is 102 Å². The van der Waals surface area contributed by atoms with E-state index in [2.05, 4.69) is 54.2 Å². The number of rotatable bonds is 29. The number of alkyl halides is 1. The molecule has 0 amide bonds. The van der Waals surface area contributed by atoms with Crippen molar-refractivity contribution in [1.29, 1.82) is 0 Å². The molecule has 4 fully saturated rings.